The van der Waals surface area contributed by atoms with Crippen LogP contribution < -0.4 is 0 Å². The van der Waals surface area contributed by atoms with Crippen molar-refractivity contribution in [1.82, 2.24) is 0 Å². The molecule has 0 amide bonds. The Morgan fingerprint density at radius 2 is 2.13 bits per heavy atom. The van der Waals surface area contributed by atoms with E-state index in [1.54, 1.807) is 0 Å². The van der Waals surface area contributed by atoms with Crippen LogP contribution in [0.3, 0.4) is 0 Å². The lowest BCUT2D eigenvalue weighted by molar-refractivity contribution is -0.0990. The summed E-state index contributed by atoms with van der Waals surface area (Å²) >= 11 is 2.21. The predicted octanol–water partition coefficient (Wildman–Crippen LogP) is 2.34. The highest BCUT2D eigenvalue weighted by molar-refractivity contribution is 14.1. The minimum Gasteiger partial charge on any atom is -0.371 e. The van der Waals surface area contributed by atoms with Crippen molar-refractivity contribution >= 4 is 22.6 Å². The van der Waals surface area contributed by atoms with Gasteiger partial charge in [0.2, 0.25) is 0 Å². The molecule has 2 atom stereocenters. The smallest absolute Gasteiger partial charge is 0.182 e. The summed E-state index contributed by atoms with van der Waals surface area (Å²) in [4.78, 5) is 0. The molecule has 0 aliphatic carbocycles. The van der Waals surface area contributed by atoms with Crippen molar-refractivity contribution in [2.24, 2.45) is 0 Å². The summed E-state index contributed by atoms with van der Waals surface area (Å²) in [7, 11) is 0. The molecular weight excluding hydrogens is 307 g/mol. The molecule has 1 saturated heterocycles. The largest absolute Gasteiger partial charge is 0.371 e. The molecule has 1 fully saturated rings. The quantitative estimate of drug-likeness (QED) is 0.630. The van der Waals surface area contributed by atoms with Gasteiger partial charge in [-0.05, 0) is 28.2 Å². The van der Waals surface area contributed by atoms with Crippen molar-refractivity contribution in [3.63, 3.8) is 0 Å². The van der Waals surface area contributed by atoms with Crippen LogP contribution in [0, 0.1) is 0 Å². The van der Waals surface area contributed by atoms with Gasteiger partial charge in [-0.3, -0.25) is 0 Å². The van der Waals surface area contributed by atoms with Gasteiger partial charge in [0.1, 0.15) is 4.11 Å². The fraction of sp³-hybridized carbons (Fsp3) is 0.455. The average Bonchev–Trinajstić information content (AvgIpc) is 2.66. The van der Waals surface area contributed by atoms with E-state index in [9.17, 15) is 0 Å². The van der Waals surface area contributed by atoms with Crippen LogP contribution in [0.2, 0.25) is 0 Å². The van der Waals surface area contributed by atoms with Gasteiger partial charge in [0.25, 0.3) is 0 Å². The SMILES string of the molecule is I[C@@H]1CO[C@H](COCc2ccccc2)O1. The monoisotopic (exact) mass is 320 g/mol. The number of benzene rings is 1. The molecule has 0 saturated carbocycles. The number of hydrogen-bond donors (Lipinski definition) is 0. The first-order valence-corrected chi connectivity index (χ1v) is 6.12. The molecule has 0 spiro atoms. The molecule has 0 unspecified atom stereocenters. The summed E-state index contributed by atoms with van der Waals surface area (Å²) in [5.74, 6) is 0. The summed E-state index contributed by atoms with van der Waals surface area (Å²) < 4.78 is 16.4. The van der Waals surface area contributed by atoms with E-state index in [4.69, 9.17) is 14.2 Å². The van der Waals surface area contributed by atoms with E-state index in [1.807, 2.05) is 30.3 Å². The summed E-state index contributed by atoms with van der Waals surface area (Å²) in [6, 6.07) is 10.1. The second-order valence-corrected chi connectivity index (χ2v) is 4.70. The third kappa shape index (κ3) is 3.71. The lowest BCUT2D eigenvalue weighted by Gasteiger charge is -2.09. The van der Waals surface area contributed by atoms with Gasteiger partial charge in [-0.15, -0.1) is 0 Å². The molecule has 1 aromatic rings. The van der Waals surface area contributed by atoms with E-state index in [1.165, 1.54) is 5.56 Å². The van der Waals surface area contributed by atoms with Crippen LogP contribution in [0.1, 0.15) is 5.56 Å². The molecule has 0 bridgehead atoms. The Hall–Kier alpha value is -0.170. The summed E-state index contributed by atoms with van der Waals surface area (Å²) in [6.45, 7) is 1.75. The minimum atomic E-state index is -0.199. The van der Waals surface area contributed by atoms with Crippen LogP contribution in [0.5, 0.6) is 0 Å². The van der Waals surface area contributed by atoms with Crippen molar-refractivity contribution in [3.05, 3.63) is 35.9 Å². The van der Waals surface area contributed by atoms with E-state index in [-0.39, 0.29) is 10.4 Å². The molecule has 1 aromatic carbocycles. The van der Waals surface area contributed by atoms with Crippen molar-refractivity contribution in [2.75, 3.05) is 13.2 Å². The third-order valence-electron chi connectivity index (χ3n) is 2.08. The second kappa shape index (κ2) is 5.79. The van der Waals surface area contributed by atoms with E-state index in [2.05, 4.69) is 22.6 Å². The second-order valence-electron chi connectivity index (χ2n) is 3.31. The maximum Gasteiger partial charge on any atom is 0.182 e. The Kier molecular flexibility index (Phi) is 4.37. The first-order chi connectivity index (χ1) is 7.34. The summed E-state index contributed by atoms with van der Waals surface area (Å²) in [6.07, 6.45) is -0.199. The molecule has 1 aliphatic heterocycles. The maximum absolute atomic E-state index is 5.50. The number of hydrogen-bond acceptors (Lipinski definition) is 3. The van der Waals surface area contributed by atoms with Gasteiger partial charge in [0, 0.05) is 0 Å². The minimum absolute atomic E-state index is 0.160. The Morgan fingerprint density at radius 3 is 2.80 bits per heavy atom. The van der Waals surface area contributed by atoms with Crippen molar-refractivity contribution < 1.29 is 14.2 Å². The van der Waals surface area contributed by atoms with Crippen LogP contribution in [0.15, 0.2) is 30.3 Å². The lowest BCUT2D eigenvalue weighted by Crippen LogP contribution is -2.16. The fourth-order valence-corrected chi connectivity index (χ4v) is 1.90. The van der Waals surface area contributed by atoms with Crippen molar-refractivity contribution in [3.8, 4) is 0 Å². The predicted molar refractivity (Wildman–Crippen MR) is 64.7 cm³/mol. The summed E-state index contributed by atoms with van der Waals surface area (Å²) in [5, 5.41) is 0. The number of halogens is 1. The molecule has 0 aromatic heterocycles. The van der Waals surface area contributed by atoms with Crippen LogP contribution in [0.4, 0.5) is 0 Å². The maximum atomic E-state index is 5.50. The van der Waals surface area contributed by atoms with Crippen LogP contribution in [-0.2, 0) is 20.8 Å². The Morgan fingerprint density at radius 1 is 1.33 bits per heavy atom. The van der Waals surface area contributed by atoms with Gasteiger partial charge in [-0.2, -0.15) is 0 Å². The number of rotatable bonds is 4. The zero-order valence-electron chi connectivity index (χ0n) is 8.27. The zero-order valence-corrected chi connectivity index (χ0v) is 10.4. The highest BCUT2D eigenvalue weighted by Gasteiger charge is 2.23. The molecule has 0 radical (unpaired) electrons. The van der Waals surface area contributed by atoms with Gasteiger partial charge < -0.3 is 14.2 Å². The van der Waals surface area contributed by atoms with Crippen LogP contribution in [-0.4, -0.2) is 23.6 Å². The average molecular weight is 320 g/mol. The van der Waals surface area contributed by atoms with Gasteiger partial charge in [0.15, 0.2) is 6.29 Å². The Labute approximate surface area is 103 Å². The van der Waals surface area contributed by atoms with E-state index in [0.717, 1.165) is 0 Å². The molecule has 1 heterocycles. The van der Waals surface area contributed by atoms with Gasteiger partial charge in [-0.25, -0.2) is 0 Å². The molecule has 0 N–H and O–H groups in total. The highest BCUT2D eigenvalue weighted by atomic mass is 127. The Balaban J connectivity index is 1.67. The fourth-order valence-electron chi connectivity index (χ4n) is 1.36. The van der Waals surface area contributed by atoms with E-state index >= 15 is 0 Å². The van der Waals surface area contributed by atoms with Gasteiger partial charge in [0.05, 0.1) is 19.8 Å². The van der Waals surface area contributed by atoms with Crippen molar-refractivity contribution in [1.29, 1.82) is 0 Å². The van der Waals surface area contributed by atoms with E-state index < -0.39 is 0 Å². The molecule has 82 valence electrons. The molecular formula is C11H13IO3. The van der Waals surface area contributed by atoms with Gasteiger partial charge in [-0.1, -0.05) is 30.3 Å². The molecule has 4 heteroatoms. The number of alkyl halides is 1. The summed E-state index contributed by atoms with van der Waals surface area (Å²) in [5.41, 5.74) is 1.17. The Bertz CT molecular complexity index is 291. The molecule has 2 rings (SSSR count). The standard InChI is InChI=1S/C11H13IO3/c12-10-7-14-11(15-10)8-13-6-9-4-2-1-3-5-9/h1-5,10-11H,6-8H2/t10-,11-/m0/s1. The molecule has 15 heavy (non-hydrogen) atoms. The van der Waals surface area contributed by atoms with Crippen LogP contribution in [0.25, 0.3) is 0 Å². The van der Waals surface area contributed by atoms with E-state index in [0.29, 0.717) is 19.8 Å². The molecule has 1 aliphatic rings. The topological polar surface area (TPSA) is 27.7 Å². The molecule has 3 nitrogen and oxygen atoms in total. The lowest BCUT2D eigenvalue weighted by atomic mass is 10.2. The normalized spacial score (nSPS) is 25.7. The highest BCUT2D eigenvalue weighted by Crippen LogP contribution is 2.17. The van der Waals surface area contributed by atoms with Gasteiger partial charge >= 0.3 is 0 Å². The number of ether oxygens (including phenoxy) is 3. The van der Waals surface area contributed by atoms with Crippen molar-refractivity contribution in [2.45, 2.75) is 17.0 Å². The first-order valence-electron chi connectivity index (χ1n) is 4.87. The van der Waals surface area contributed by atoms with Crippen LogP contribution >= 0.6 is 22.6 Å². The zero-order chi connectivity index (χ0) is 10.5. The third-order valence-corrected chi connectivity index (χ3v) is 2.73. The first kappa shape index (κ1) is 11.3.